The molecule has 1 unspecified atom stereocenters. The monoisotopic (exact) mass is 419 g/mol. The van der Waals surface area contributed by atoms with Gasteiger partial charge in [0.2, 0.25) is 0 Å². The SMILES string of the molecule is CCCCN1C2=C(C=CC(=C(C#N)C#N)c3ccccc3)CCCC2(C)c2ccccc21. The number of unbranched alkanes of at least 4 members (excludes halogenated alkanes) is 1. The molecule has 0 spiro atoms. The molecule has 0 N–H and O–H groups in total. The number of nitriles is 2. The number of nitrogens with zero attached hydrogens (tertiary/aromatic N) is 3. The van der Waals surface area contributed by atoms with Crippen molar-refractivity contribution in [3.8, 4) is 12.1 Å². The van der Waals surface area contributed by atoms with Gasteiger partial charge < -0.3 is 4.90 Å². The lowest BCUT2D eigenvalue weighted by molar-refractivity contribution is 0.463. The van der Waals surface area contributed by atoms with E-state index in [2.05, 4.69) is 61.2 Å². The minimum Gasteiger partial charge on any atom is -0.344 e. The minimum atomic E-state index is 0.00612. The highest BCUT2D eigenvalue weighted by molar-refractivity contribution is 5.82. The van der Waals surface area contributed by atoms with E-state index in [9.17, 15) is 10.5 Å². The Balaban J connectivity index is 1.84. The summed E-state index contributed by atoms with van der Waals surface area (Å²) in [5.74, 6) is 0. The van der Waals surface area contributed by atoms with Crippen molar-refractivity contribution in [2.24, 2.45) is 0 Å². The number of hydrogen-bond acceptors (Lipinski definition) is 3. The van der Waals surface area contributed by atoms with Crippen LogP contribution in [0, 0.1) is 22.7 Å². The molecular weight excluding hydrogens is 390 g/mol. The molecule has 32 heavy (non-hydrogen) atoms. The van der Waals surface area contributed by atoms with Gasteiger partial charge >= 0.3 is 0 Å². The molecule has 1 aliphatic carbocycles. The number of hydrogen-bond donors (Lipinski definition) is 0. The zero-order valence-corrected chi connectivity index (χ0v) is 18.9. The van der Waals surface area contributed by atoms with Gasteiger partial charge in [0.1, 0.15) is 17.7 Å². The van der Waals surface area contributed by atoms with Gasteiger partial charge in [-0.1, -0.05) is 74.0 Å². The van der Waals surface area contributed by atoms with Crippen molar-refractivity contribution in [3.05, 3.63) is 94.7 Å². The molecule has 1 aliphatic heterocycles. The second-order valence-corrected chi connectivity index (χ2v) is 8.79. The van der Waals surface area contributed by atoms with Crippen LogP contribution in [-0.4, -0.2) is 6.54 Å². The lowest BCUT2D eigenvalue weighted by Gasteiger charge is -2.36. The van der Waals surface area contributed by atoms with E-state index in [0.29, 0.717) is 5.57 Å². The molecular formula is C29H29N3. The molecule has 0 amide bonds. The van der Waals surface area contributed by atoms with Gasteiger partial charge in [0.15, 0.2) is 0 Å². The quantitative estimate of drug-likeness (QED) is 0.372. The van der Waals surface area contributed by atoms with E-state index in [0.717, 1.165) is 44.2 Å². The Bertz CT molecular complexity index is 1150. The van der Waals surface area contributed by atoms with Crippen molar-refractivity contribution >= 4 is 11.3 Å². The predicted octanol–water partition coefficient (Wildman–Crippen LogP) is 7.06. The molecule has 0 radical (unpaired) electrons. The maximum Gasteiger partial charge on any atom is 0.137 e. The van der Waals surface area contributed by atoms with Crippen LogP contribution in [0.3, 0.4) is 0 Å². The van der Waals surface area contributed by atoms with E-state index in [1.807, 2.05) is 36.4 Å². The van der Waals surface area contributed by atoms with E-state index in [1.54, 1.807) is 0 Å². The number of rotatable bonds is 6. The summed E-state index contributed by atoms with van der Waals surface area (Å²) in [7, 11) is 0. The average Bonchev–Trinajstić information content (AvgIpc) is 3.09. The minimum absolute atomic E-state index is 0.00612. The largest absolute Gasteiger partial charge is 0.344 e. The van der Waals surface area contributed by atoms with Crippen molar-refractivity contribution < 1.29 is 0 Å². The van der Waals surface area contributed by atoms with Crippen LogP contribution in [0.25, 0.3) is 5.57 Å². The van der Waals surface area contributed by atoms with Gasteiger partial charge in [-0.2, -0.15) is 10.5 Å². The summed E-state index contributed by atoms with van der Waals surface area (Å²) in [4.78, 5) is 2.53. The van der Waals surface area contributed by atoms with Gasteiger partial charge in [-0.15, -0.1) is 0 Å². The molecule has 2 aromatic carbocycles. The summed E-state index contributed by atoms with van der Waals surface area (Å²) >= 11 is 0. The summed E-state index contributed by atoms with van der Waals surface area (Å²) in [5, 5.41) is 19.1. The summed E-state index contributed by atoms with van der Waals surface area (Å²) in [6, 6.07) is 22.7. The predicted molar refractivity (Wildman–Crippen MR) is 131 cm³/mol. The van der Waals surface area contributed by atoms with Crippen LogP contribution >= 0.6 is 0 Å². The zero-order chi connectivity index (χ0) is 22.6. The zero-order valence-electron chi connectivity index (χ0n) is 18.9. The lowest BCUT2D eigenvalue weighted by Crippen LogP contribution is -2.33. The molecule has 0 saturated carbocycles. The van der Waals surface area contributed by atoms with E-state index >= 15 is 0 Å². The van der Waals surface area contributed by atoms with Crippen LogP contribution in [0.4, 0.5) is 5.69 Å². The third-order valence-corrected chi connectivity index (χ3v) is 6.77. The normalized spacial score (nSPS) is 19.3. The van der Waals surface area contributed by atoms with Gasteiger partial charge in [-0.25, -0.2) is 0 Å². The highest BCUT2D eigenvalue weighted by atomic mass is 15.2. The van der Waals surface area contributed by atoms with Gasteiger partial charge in [-0.05, 0) is 55.4 Å². The first kappa shape index (κ1) is 21.7. The fraction of sp³-hybridized carbons (Fsp3) is 0.310. The Morgan fingerprint density at radius 2 is 1.78 bits per heavy atom. The highest BCUT2D eigenvalue weighted by Crippen LogP contribution is 2.54. The first-order valence-corrected chi connectivity index (χ1v) is 11.5. The maximum absolute atomic E-state index is 9.56. The summed E-state index contributed by atoms with van der Waals surface area (Å²) in [5.41, 5.74) is 7.20. The second kappa shape index (κ2) is 9.29. The molecule has 0 fully saturated rings. The number of para-hydroxylation sites is 1. The van der Waals surface area contributed by atoms with E-state index in [1.165, 1.54) is 22.5 Å². The molecule has 0 saturated heterocycles. The van der Waals surface area contributed by atoms with Crippen LogP contribution in [-0.2, 0) is 5.41 Å². The highest BCUT2D eigenvalue weighted by Gasteiger charge is 2.45. The van der Waals surface area contributed by atoms with Crippen LogP contribution in [0.15, 0.2) is 83.6 Å². The third-order valence-electron chi connectivity index (χ3n) is 6.77. The van der Waals surface area contributed by atoms with Gasteiger partial charge in [-0.3, -0.25) is 0 Å². The Hall–Kier alpha value is -3.56. The van der Waals surface area contributed by atoms with Crippen molar-refractivity contribution in [2.45, 2.75) is 51.4 Å². The fourth-order valence-corrected chi connectivity index (χ4v) is 5.23. The molecule has 3 nitrogen and oxygen atoms in total. The summed E-state index contributed by atoms with van der Waals surface area (Å²) < 4.78 is 0. The third kappa shape index (κ3) is 3.76. The topological polar surface area (TPSA) is 50.8 Å². The van der Waals surface area contributed by atoms with E-state index in [-0.39, 0.29) is 11.0 Å². The summed E-state index contributed by atoms with van der Waals surface area (Å²) in [6.07, 6.45) is 9.72. The van der Waals surface area contributed by atoms with Crippen molar-refractivity contribution in [1.29, 1.82) is 10.5 Å². The van der Waals surface area contributed by atoms with Crippen molar-refractivity contribution in [2.75, 3.05) is 11.4 Å². The number of allylic oxidation sites excluding steroid dienone is 6. The Morgan fingerprint density at radius 1 is 1.06 bits per heavy atom. The molecule has 2 aromatic rings. The fourth-order valence-electron chi connectivity index (χ4n) is 5.23. The van der Waals surface area contributed by atoms with Crippen LogP contribution in [0.5, 0.6) is 0 Å². The second-order valence-electron chi connectivity index (χ2n) is 8.79. The number of fused-ring (bicyclic) bond motifs is 3. The Kier molecular flexibility index (Phi) is 6.29. The van der Waals surface area contributed by atoms with E-state index in [4.69, 9.17) is 0 Å². The average molecular weight is 420 g/mol. The molecule has 1 heterocycles. The molecule has 0 bridgehead atoms. The van der Waals surface area contributed by atoms with Crippen LogP contribution < -0.4 is 4.90 Å². The van der Waals surface area contributed by atoms with Gasteiger partial charge in [0.05, 0.1) is 0 Å². The van der Waals surface area contributed by atoms with E-state index < -0.39 is 0 Å². The van der Waals surface area contributed by atoms with Crippen LogP contribution in [0.2, 0.25) is 0 Å². The molecule has 160 valence electrons. The Morgan fingerprint density at radius 3 is 2.50 bits per heavy atom. The Labute approximate surface area is 191 Å². The van der Waals surface area contributed by atoms with Gasteiger partial charge in [0, 0.05) is 28.9 Å². The smallest absolute Gasteiger partial charge is 0.137 e. The molecule has 0 aromatic heterocycles. The molecule has 4 rings (SSSR count). The molecule has 3 heteroatoms. The first-order chi connectivity index (χ1) is 15.6. The van der Waals surface area contributed by atoms with Crippen molar-refractivity contribution in [1.82, 2.24) is 0 Å². The molecule has 1 atom stereocenters. The van der Waals surface area contributed by atoms with Crippen LogP contribution in [0.1, 0.15) is 57.1 Å². The number of anilines is 1. The van der Waals surface area contributed by atoms with Gasteiger partial charge in [0.25, 0.3) is 0 Å². The summed E-state index contributed by atoms with van der Waals surface area (Å²) in [6.45, 7) is 5.63. The maximum atomic E-state index is 9.56. The standard InChI is InChI=1S/C29H29N3/c1-3-4-19-32-27-15-9-8-14-26(27)29(2)18-10-13-23(28(29)32)16-17-25(24(20-30)21-31)22-11-6-5-7-12-22/h5-9,11-12,14-17H,3-4,10,13,18-19H2,1-2H3. The lowest BCUT2D eigenvalue weighted by atomic mass is 9.72. The van der Waals surface area contributed by atoms with Crippen molar-refractivity contribution in [3.63, 3.8) is 0 Å². The first-order valence-electron chi connectivity index (χ1n) is 11.5. The molecule has 2 aliphatic rings. The number of benzene rings is 2.